The summed E-state index contributed by atoms with van der Waals surface area (Å²) in [5, 5.41) is 8.83. The summed E-state index contributed by atoms with van der Waals surface area (Å²) >= 11 is 1.66. The average Bonchev–Trinajstić information content (AvgIpc) is 3.12. The highest BCUT2D eigenvalue weighted by molar-refractivity contribution is 14.0. The van der Waals surface area contributed by atoms with E-state index in [2.05, 4.69) is 38.1 Å². The van der Waals surface area contributed by atoms with Crippen molar-refractivity contribution < 1.29 is 0 Å². The van der Waals surface area contributed by atoms with E-state index in [0.717, 1.165) is 35.0 Å². The number of rotatable bonds is 5. The van der Waals surface area contributed by atoms with Crippen LogP contribution in [0.1, 0.15) is 44.7 Å². The Morgan fingerprint density at radius 2 is 2.29 bits per heavy atom. The summed E-state index contributed by atoms with van der Waals surface area (Å²) in [6, 6.07) is 0. The Morgan fingerprint density at radius 1 is 1.42 bits per heavy atom. The second-order valence-corrected chi connectivity index (χ2v) is 7.48. The first-order valence-corrected chi connectivity index (χ1v) is 9.48. The van der Waals surface area contributed by atoms with Gasteiger partial charge in [0.25, 0.3) is 0 Å². The Balaban J connectivity index is 0.00000208. The molecule has 2 heterocycles. The second kappa shape index (κ2) is 9.60. The first kappa shape index (κ1) is 19.5. The van der Waals surface area contributed by atoms with Crippen LogP contribution in [0.3, 0.4) is 0 Å². The molecule has 2 N–H and O–H groups in total. The molecule has 134 valence electrons. The van der Waals surface area contributed by atoms with Crippen molar-refractivity contribution in [3.8, 4) is 0 Å². The largest absolute Gasteiger partial charge is 0.356 e. The molecule has 0 saturated heterocycles. The molecule has 0 aromatic carbocycles. The topological polar surface area (TPSA) is 53.7 Å². The summed E-state index contributed by atoms with van der Waals surface area (Å²) in [5.74, 6) is 2.65. The standard InChI is InChI=1S/C17H27N5S.HI/c1-13-4-3-5-14(10-13)6-7-19-16(18-2)20-11-15-12-22-8-9-23-17(22)21-15;/h8-9,12-14H,3-7,10-11H2,1-2H3,(H2,18,19,20);1H. The van der Waals surface area contributed by atoms with Crippen LogP contribution in [-0.4, -0.2) is 28.9 Å². The molecule has 1 aliphatic carbocycles. The van der Waals surface area contributed by atoms with Crippen LogP contribution in [0.15, 0.2) is 22.8 Å². The van der Waals surface area contributed by atoms with E-state index < -0.39 is 0 Å². The highest BCUT2D eigenvalue weighted by Gasteiger charge is 2.18. The Morgan fingerprint density at radius 3 is 3.04 bits per heavy atom. The number of aromatic nitrogens is 2. The number of halogens is 1. The second-order valence-electron chi connectivity index (χ2n) is 6.60. The number of imidazole rings is 1. The average molecular weight is 461 g/mol. The molecule has 0 bridgehead atoms. The third-order valence-corrected chi connectivity index (χ3v) is 5.46. The van der Waals surface area contributed by atoms with Gasteiger partial charge in [0.1, 0.15) is 0 Å². The van der Waals surface area contributed by atoms with Gasteiger partial charge in [0.05, 0.1) is 12.2 Å². The van der Waals surface area contributed by atoms with E-state index in [9.17, 15) is 0 Å². The molecule has 2 atom stereocenters. The summed E-state index contributed by atoms with van der Waals surface area (Å²) < 4.78 is 2.06. The lowest BCUT2D eigenvalue weighted by Crippen LogP contribution is -2.38. The van der Waals surface area contributed by atoms with Gasteiger partial charge >= 0.3 is 0 Å². The molecule has 0 aliphatic heterocycles. The van der Waals surface area contributed by atoms with Crippen LogP contribution < -0.4 is 10.6 Å². The lowest BCUT2D eigenvalue weighted by atomic mass is 9.81. The third kappa shape index (κ3) is 5.34. The van der Waals surface area contributed by atoms with Crippen molar-refractivity contribution in [3.63, 3.8) is 0 Å². The van der Waals surface area contributed by atoms with Crippen molar-refractivity contribution in [3.05, 3.63) is 23.5 Å². The quantitative estimate of drug-likeness (QED) is 0.404. The molecule has 7 heteroatoms. The Kier molecular flexibility index (Phi) is 7.80. The molecule has 2 unspecified atom stereocenters. The monoisotopic (exact) mass is 461 g/mol. The van der Waals surface area contributed by atoms with Crippen LogP contribution in [0.2, 0.25) is 0 Å². The van der Waals surface area contributed by atoms with Crippen LogP contribution in [0.25, 0.3) is 4.96 Å². The van der Waals surface area contributed by atoms with Gasteiger partial charge in [-0.3, -0.25) is 9.39 Å². The zero-order valence-electron chi connectivity index (χ0n) is 14.5. The molecule has 2 aromatic heterocycles. The third-order valence-electron chi connectivity index (χ3n) is 4.69. The normalized spacial score (nSPS) is 21.5. The summed E-state index contributed by atoms with van der Waals surface area (Å²) in [7, 11) is 1.82. The van der Waals surface area contributed by atoms with E-state index in [1.165, 1.54) is 32.1 Å². The lowest BCUT2D eigenvalue weighted by Gasteiger charge is -2.26. The summed E-state index contributed by atoms with van der Waals surface area (Å²) in [5.41, 5.74) is 1.04. The smallest absolute Gasteiger partial charge is 0.193 e. The minimum atomic E-state index is 0. The van der Waals surface area contributed by atoms with Crippen molar-refractivity contribution in [1.29, 1.82) is 0 Å². The van der Waals surface area contributed by atoms with Crippen molar-refractivity contribution >= 4 is 46.2 Å². The number of hydrogen-bond acceptors (Lipinski definition) is 3. The molecule has 24 heavy (non-hydrogen) atoms. The number of thiazole rings is 1. The van der Waals surface area contributed by atoms with Gasteiger partial charge in [-0.05, 0) is 24.7 Å². The summed E-state index contributed by atoms with van der Waals surface area (Å²) in [4.78, 5) is 9.92. The molecule has 1 saturated carbocycles. The molecular formula is C17H28IN5S. The van der Waals surface area contributed by atoms with E-state index in [1.54, 1.807) is 11.3 Å². The van der Waals surface area contributed by atoms with Gasteiger partial charge in [-0.2, -0.15) is 0 Å². The number of hydrogen-bond donors (Lipinski definition) is 2. The molecule has 0 amide bonds. The van der Waals surface area contributed by atoms with Crippen LogP contribution in [0.5, 0.6) is 0 Å². The lowest BCUT2D eigenvalue weighted by molar-refractivity contribution is 0.270. The molecule has 1 fully saturated rings. The first-order chi connectivity index (χ1) is 11.2. The summed E-state index contributed by atoms with van der Waals surface area (Å²) in [6.07, 6.45) is 10.9. The van der Waals surface area contributed by atoms with Crippen molar-refractivity contribution in [1.82, 2.24) is 20.0 Å². The Bertz CT molecular complexity index is 622. The van der Waals surface area contributed by atoms with E-state index in [4.69, 9.17) is 0 Å². The van der Waals surface area contributed by atoms with Gasteiger partial charge < -0.3 is 10.6 Å². The zero-order chi connectivity index (χ0) is 16.1. The molecule has 5 nitrogen and oxygen atoms in total. The highest BCUT2D eigenvalue weighted by atomic mass is 127. The zero-order valence-corrected chi connectivity index (χ0v) is 17.6. The first-order valence-electron chi connectivity index (χ1n) is 8.60. The molecule has 1 aliphatic rings. The van der Waals surface area contributed by atoms with E-state index in [-0.39, 0.29) is 24.0 Å². The number of fused-ring (bicyclic) bond motifs is 1. The number of nitrogens with zero attached hydrogens (tertiary/aromatic N) is 3. The van der Waals surface area contributed by atoms with Crippen molar-refractivity contribution in [2.24, 2.45) is 16.8 Å². The molecule has 3 rings (SSSR count). The molecule has 0 radical (unpaired) electrons. The SMILES string of the molecule is CN=C(NCCC1CCCC(C)C1)NCc1cn2ccsc2n1.I. The van der Waals surface area contributed by atoms with E-state index in [1.807, 2.05) is 18.6 Å². The fourth-order valence-electron chi connectivity index (χ4n) is 3.47. The fraction of sp³-hybridized carbons (Fsp3) is 0.647. The Labute approximate surface area is 165 Å². The minimum Gasteiger partial charge on any atom is -0.356 e. The number of nitrogens with one attached hydrogen (secondary N) is 2. The predicted molar refractivity (Wildman–Crippen MR) is 112 cm³/mol. The molecular weight excluding hydrogens is 433 g/mol. The van der Waals surface area contributed by atoms with Crippen LogP contribution in [-0.2, 0) is 6.54 Å². The fourth-order valence-corrected chi connectivity index (χ4v) is 4.19. The maximum absolute atomic E-state index is 4.58. The molecule has 2 aromatic rings. The van der Waals surface area contributed by atoms with Gasteiger partial charge in [0.2, 0.25) is 0 Å². The van der Waals surface area contributed by atoms with Gasteiger partial charge in [0, 0.05) is 31.4 Å². The summed E-state index contributed by atoms with van der Waals surface area (Å²) in [6.45, 7) is 4.08. The van der Waals surface area contributed by atoms with Gasteiger partial charge in [-0.15, -0.1) is 35.3 Å². The predicted octanol–water partition coefficient (Wildman–Crippen LogP) is 3.90. The molecule has 0 spiro atoms. The maximum atomic E-state index is 4.58. The highest BCUT2D eigenvalue weighted by Crippen LogP contribution is 2.30. The van der Waals surface area contributed by atoms with Crippen molar-refractivity contribution in [2.45, 2.75) is 45.6 Å². The van der Waals surface area contributed by atoms with Gasteiger partial charge in [-0.25, -0.2) is 4.98 Å². The van der Waals surface area contributed by atoms with Gasteiger partial charge in [0.15, 0.2) is 10.9 Å². The van der Waals surface area contributed by atoms with Crippen LogP contribution in [0.4, 0.5) is 0 Å². The van der Waals surface area contributed by atoms with Gasteiger partial charge in [-0.1, -0.05) is 26.2 Å². The Hall–Kier alpha value is -0.830. The maximum Gasteiger partial charge on any atom is 0.193 e. The van der Waals surface area contributed by atoms with Crippen LogP contribution >= 0.6 is 35.3 Å². The van der Waals surface area contributed by atoms with Crippen molar-refractivity contribution in [2.75, 3.05) is 13.6 Å². The van der Waals surface area contributed by atoms with E-state index in [0.29, 0.717) is 6.54 Å². The van der Waals surface area contributed by atoms with E-state index >= 15 is 0 Å². The number of guanidine groups is 1. The van der Waals surface area contributed by atoms with Crippen LogP contribution in [0, 0.1) is 11.8 Å². The number of aliphatic imine (C=N–C) groups is 1. The minimum absolute atomic E-state index is 0.